The first-order valence-electron chi connectivity index (χ1n) is 7.84. The van der Waals surface area contributed by atoms with Crippen LogP contribution in [0.3, 0.4) is 0 Å². The predicted octanol–water partition coefficient (Wildman–Crippen LogP) is 2.61. The summed E-state index contributed by atoms with van der Waals surface area (Å²) in [4.78, 5) is 18.2. The summed E-state index contributed by atoms with van der Waals surface area (Å²) in [7, 11) is -1.58. The first kappa shape index (κ1) is 18.5. The second-order valence-corrected chi connectivity index (χ2v) is 10.2. The van der Waals surface area contributed by atoms with E-state index >= 15 is 0 Å². The van der Waals surface area contributed by atoms with Crippen LogP contribution in [0, 0.1) is 5.92 Å². The molecule has 1 aromatic rings. The summed E-state index contributed by atoms with van der Waals surface area (Å²) in [6.07, 6.45) is 0. The van der Waals surface area contributed by atoms with Gasteiger partial charge in [-0.05, 0) is 18.2 Å². The molecule has 2 unspecified atom stereocenters. The van der Waals surface area contributed by atoms with Crippen LogP contribution in [0.1, 0.15) is 13.8 Å². The molecule has 0 aromatic heterocycles. The van der Waals surface area contributed by atoms with E-state index in [4.69, 9.17) is 16.3 Å². The van der Waals surface area contributed by atoms with E-state index in [9.17, 15) is 13.2 Å². The Hall–Kier alpha value is -1.25. The molecular formula is C16H19ClN2O4S2. The van der Waals surface area contributed by atoms with Crippen molar-refractivity contribution in [1.82, 2.24) is 0 Å². The van der Waals surface area contributed by atoms with Gasteiger partial charge in [-0.2, -0.15) is 4.99 Å². The lowest BCUT2D eigenvalue weighted by molar-refractivity contribution is -0.120. The Bertz CT molecular complexity index is 839. The lowest BCUT2D eigenvalue weighted by Gasteiger charge is -2.26. The van der Waals surface area contributed by atoms with Crippen molar-refractivity contribution in [2.45, 2.75) is 25.1 Å². The minimum absolute atomic E-state index is 0.0230. The average molecular weight is 403 g/mol. The molecule has 0 radical (unpaired) electrons. The minimum atomic E-state index is -3.12. The van der Waals surface area contributed by atoms with E-state index in [2.05, 4.69) is 4.99 Å². The monoisotopic (exact) mass is 402 g/mol. The number of aliphatic imine (C=N–C) groups is 1. The topological polar surface area (TPSA) is 76.0 Å². The maximum Gasteiger partial charge on any atom is 0.250 e. The number of benzene rings is 1. The molecule has 2 heterocycles. The quantitative estimate of drug-likeness (QED) is 0.773. The summed E-state index contributed by atoms with van der Waals surface area (Å²) in [5.74, 6) is 0.183. The number of nitrogens with zero attached hydrogens (tertiary/aromatic N) is 2. The van der Waals surface area contributed by atoms with Crippen LogP contribution >= 0.6 is 23.4 Å². The lowest BCUT2D eigenvalue weighted by atomic mass is 10.2. The van der Waals surface area contributed by atoms with Gasteiger partial charge in [0.2, 0.25) is 0 Å². The van der Waals surface area contributed by atoms with Gasteiger partial charge >= 0.3 is 0 Å². The number of hydrogen-bond acceptors (Lipinski definition) is 5. The molecule has 0 N–H and O–H groups in total. The van der Waals surface area contributed by atoms with Crippen molar-refractivity contribution in [2.75, 3.05) is 23.5 Å². The van der Waals surface area contributed by atoms with Crippen LogP contribution in [0.5, 0.6) is 5.75 Å². The van der Waals surface area contributed by atoms with Gasteiger partial charge in [0.1, 0.15) is 5.75 Å². The number of amides is 1. The normalized spacial score (nSPS) is 26.3. The van der Waals surface area contributed by atoms with Crippen molar-refractivity contribution in [3.63, 3.8) is 0 Å². The molecule has 1 aromatic carbocycles. The lowest BCUT2D eigenvalue weighted by Crippen LogP contribution is -2.38. The van der Waals surface area contributed by atoms with Gasteiger partial charge in [-0.3, -0.25) is 4.79 Å². The molecule has 2 atom stereocenters. The van der Waals surface area contributed by atoms with Crippen molar-refractivity contribution in [2.24, 2.45) is 10.9 Å². The summed E-state index contributed by atoms with van der Waals surface area (Å²) >= 11 is 7.48. The molecule has 3 rings (SSSR count). The third-order valence-corrected chi connectivity index (χ3v) is 7.61. The Labute approximate surface area is 156 Å². The summed E-state index contributed by atoms with van der Waals surface area (Å²) in [5.41, 5.74) is 0.627. The molecule has 6 nitrogen and oxygen atoms in total. The number of hydrogen-bond donors (Lipinski definition) is 0. The molecule has 2 fully saturated rings. The van der Waals surface area contributed by atoms with Crippen LogP contribution < -0.4 is 9.64 Å². The highest BCUT2D eigenvalue weighted by molar-refractivity contribution is 8.16. The standard InChI is InChI=1S/C16H19ClN2O4S2/c1-9(2)15(20)18-16-19(11-6-10(17)4-5-13(11)23-3)12-7-25(21,22)8-14(12)24-16/h4-6,9,12,14H,7-8H2,1-3H3. The Morgan fingerprint density at radius 3 is 2.76 bits per heavy atom. The number of ether oxygens (including phenoxy) is 1. The van der Waals surface area contributed by atoms with Gasteiger partial charge in [-0.15, -0.1) is 0 Å². The predicted molar refractivity (Wildman–Crippen MR) is 102 cm³/mol. The number of rotatable bonds is 3. The van der Waals surface area contributed by atoms with Crippen LogP contribution in [-0.4, -0.2) is 49.4 Å². The fourth-order valence-electron chi connectivity index (χ4n) is 2.92. The van der Waals surface area contributed by atoms with Crippen molar-refractivity contribution in [3.8, 4) is 5.75 Å². The highest BCUT2D eigenvalue weighted by Crippen LogP contribution is 2.44. The molecule has 0 saturated carbocycles. The van der Waals surface area contributed by atoms with Gasteiger partial charge < -0.3 is 9.64 Å². The fraction of sp³-hybridized carbons (Fsp3) is 0.500. The van der Waals surface area contributed by atoms with Crippen molar-refractivity contribution in [3.05, 3.63) is 23.2 Å². The number of thioether (sulfide) groups is 1. The SMILES string of the molecule is COc1ccc(Cl)cc1N1C(=NC(=O)C(C)C)SC2CS(=O)(=O)CC21. The van der Waals surface area contributed by atoms with Crippen LogP contribution in [-0.2, 0) is 14.6 Å². The summed E-state index contributed by atoms with van der Waals surface area (Å²) in [5, 5.41) is 0.844. The number of anilines is 1. The van der Waals surface area contributed by atoms with E-state index in [1.807, 2.05) is 0 Å². The molecule has 9 heteroatoms. The highest BCUT2D eigenvalue weighted by Gasteiger charge is 2.50. The number of halogens is 1. The Kier molecular flexibility index (Phi) is 5.05. The van der Waals surface area contributed by atoms with E-state index < -0.39 is 9.84 Å². The van der Waals surface area contributed by atoms with Gasteiger partial charge in [0.05, 0.1) is 30.3 Å². The first-order valence-corrected chi connectivity index (χ1v) is 10.9. The zero-order valence-electron chi connectivity index (χ0n) is 14.1. The molecule has 1 amide bonds. The van der Waals surface area contributed by atoms with E-state index in [1.165, 1.54) is 18.9 Å². The highest BCUT2D eigenvalue weighted by atomic mass is 35.5. The number of fused-ring (bicyclic) bond motifs is 1. The maximum absolute atomic E-state index is 12.1. The number of sulfone groups is 1. The van der Waals surface area contributed by atoms with Gasteiger partial charge in [-0.1, -0.05) is 37.2 Å². The van der Waals surface area contributed by atoms with E-state index in [0.717, 1.165) is 0 Å². The van der Waals surface area contributed by atoms with Crippen LogP contribution in [0.15, 0.2) is 23.2 Å². The van der Waals surface area contributed by atoms with Crippen molar-refractivity contribution < 1.29 is 17.9 Å². The van der Waals surface area contributed by atoms with Crippen LogP contribution in [0.25, 0.3) is 0 Å². The van der Waals surface area contributed by atoms with Crippen molar-refractivity contribution in [1.29, 1.82) is 0 Å². The third kappa shape index (κ3) is 3.66. The molecule has 2 saturated heterocycles. The number of amidine groups is 1. The molecule has 2 aliphatic heterocycles. The third-order valence-electron chi connectivity index (χ3n) is 4.17. The number of carbonyl (C=O) groups excluding carboxylic acids is 1. The average Bonchev–Trinajstić information content (AvgIpc) is 2.97. The summed E-state index contributed by atoms with van der Waals surface area (Å²) in [6, 6.07) is 4.84. The van der Waals surface area contributed by atoms with Crippen molar-refractivity contribution >= 4 is 50.0 Å². The Balaban J connectivity index is 2.10. The maximum atomic E-state index is 12.1. The molecule has 0 aliphatic carbocycles. The number of carbonyl (C=O) groups is 1. The summed E-state index contributed by atoms with van der Waals surface area (Å²) < 4.78 is 29.6. The summed E-state index contributed by atoms with van der Waals surface area (Å²) in [6.45, 7) is 3.56. The molecule has 2 aliphatic rings. The van der Waals surface area contributed by atoms with E-state index in [0.29, 0.717) is 21.6 Å². The van der Waals surface area contributed by atoms with Crippen LogP contribution in [0.4, 0.5) is 5.69 Å². The van der Waals surface area contributed by atoms with E-state index in [1.54, 1.807) is 36.9 Å². The fourth-order valence-corrected chi connectivity index (χ4v) is 7.00. The molecule has 0 spiro atoms. The Morgan fingerprint density at radius 2 is 2.12 bits per heavy atom. The molecule has 136 valence electrons. The van der Waals surface area contributed by atoms with Gasteiger partial charge in [0, 0.05) is 16.2 Å². The molecule has 25 heavy (non-hydrogen) atoms. The smallest absolute Gasteiger partial charge is 0.250 e. The van der Waals surface area contributed by atoms with Gasteiger partial charge in [0.15, 0.2) is 15.0 Å². The van der Waals surface area contributed by atoms with Crippen LogP contribution in [0.2, 0.25) is 5.02 Å². The zero-order chi connectivity index (χ0) is 18.4. The first-order chi connectivity index (χ1) is 11.7. The van der Waals surface area contributed by atoms with Gasteiger partial charge in [0.25, 0.3) is 5.91 Å². The molecular weight excluding hydrogens is 384 g/mol. The molecule has 0 bridgehead atoms. The zero-order valence-corrected chi connectivity index (χ0v) is 16.5. The minimum Gasteiger partial charge on any atom is -0.495 e. The largest absolute Gasteiger partial charge is 0.495 e. The van der Waals surface area contributed by atoms with E-state index in [-0.39, 0.29) is 34.6 Å². The number of methoxy groups -OCH3 is 1. The Morgan fingerprint density at radius 1 is 1.40 bits per heavy atom. The second-order valence-electron chi connectivity index (χ2n) is 6.37. The second kappa shape index (κ2) is 6.81. The van der Waals surface area contributed by atoms with Gasteiger partial charge in [-0.25, -0.2) is 8.42 Å².